The number of nitrogens with zero attached hydrogens (tertiary/aromatic N) is 2. The first-order valence-electron chi connectivity index (χ1n) is 6.33. The molecule has 0 spiro atoms. The van der Waals surface area contributed by atoms with Crippen molar-refractivity contribution in [2.24, 2.45) is 0 Å². The van der Waals surface area contributed by atoms with Gasteiger partial charge in [0, 0.05) is 58.3 Å². The Kier molecular flexibility index (Phi) is 7.17. The summed E-state index contributed by atoms with van der Waals surface area (Å²) in [5, 5.41) is 0. The Hall–Kier alpha value is -1.37. The molecule has 1 rings (SSSR count). The first-order chi connectivity index (χ1) is 9.17. The summed E-state index contributed by atoms with van der Waals surface area (Å²) >= 11 is 0. The van der Waals surface area contributed by atoms with Gasteiger partial charge < -0.3 is 19.8 Å². The van der Waals surface area contributed by atoms with Gasteiger partial charge in [-0.2, -0.15) is 0 Å². The smallest absolute Gasteiger partial charge is 0.250 e. The van der Waals surface area contributed by atoms with E-state index in [1.807, 2.05) is 0 Å². The Morgan fingerprint density at radius 1 is 1.16 bits per heavy atom. The van der Waals surface area contributed by atoms with Crippen LogP contribution in [0.3, 0.4) is 0 Å². The zero-order chi connectivity index (χ0) is 14.1. The highest BCUT2D eigenvalue weighted by atomic mass is 16.5. The average molecular weight is 269 g/mol. The van der Waals surface area contributed by atoms with E-state index in [2.05, 4.69) is 4.90 Å². The maximum Gasteiger partial charge on any atom is 0.250 e. The fourth-order valence-electron chi connectivity index (χ4n) is 1.75. The number of ether oxygens (including phenoxy) is 2. The Balaban J connectivity index is 2.53. The third kappa shape index (κ3) is 5.87. The lowest BCUT2D eigenvalue weighted by atomic mass is 10.4. The summed E-state index contributed by atoms with van der Waals surface area (Å²) in [6.07, 6.45) is 1.67. The van der Waals surface area contributed by atoms with Crippen molar-refractivity contribution in [2.75, 3.05) is 52.8 Å². The van der Waals surface area contributed by atoms with E-state index in [0.717, 1.165) is 19.6 Å². The van der Waals surface area contributed by atoms with E-state index in [1.165, 1.54) is 6.07 Å². The van der Waals surface area contributed by atoms with Gasteiger partial charge in [0.25, 0.3) is 5.56 Å². The molecule has 0 radical (unpaired) electrons. The Labute approximate surface area is 113 Å². The SMILES string of the molecule is COCCN(CCOC)CCn1cc(N)ccc1=O. The van der Waals surface area contributed by atoms with Gasteiger partial charge in [0.15, 0.2) is 0 Å². The van der Waals surface area contributed by atoms with Gasteiger partial charge in [-0.15, -0.1) is 0 Å². The number of hydrogen-bond acceptors (Lipinski definition) is 5. The summed E-state index contributed by atoms with van der Waals surface area (Å²) in [4.78, 5) is 13.8. The molecule has 1 aromatic heterocycles. The van der Waals surface area contributed by atoms with Gasteiger partial charge in [-0.25, -0.2) is 0 Å². The highest BCUT2D eigenvalue weighted by molar-refractivity contribution is 5.33. The molecule has 1 aromatic rings. The number of nitrogen functional groups attached to an aromatic ring is 1. The van der Waals surface area contributed by atoms with Gasteiger partial charge in [-0.05, 0) is 6.07 Å². The first-order valence-corrected chi connectivity index (χ1v) is 6.33. The molecule has 108 valence electrons. The molecule has 0 unspecified atom stereocenters. The first kappa shape index (κ1) is 15.7. The Morgan fingerprint density at radius 2 is 1.79 bits per heavy atom. The number of pyridine rings is 1. The summed E-state index contributed by atoms with van der Waals surface area (Å²) in [5.41, 5.74) is 6.24. The fraction of sp³-hybridized carbons (Fsp3) is 0.615. The molecule has 0 saturated carbocycles. The lowest BCUT2D eigenvalue weighted by Crippen LogP contribution is -2.35. The van der Waals surface area contributed by atoms with E-state index < -0.39 is 0 Å². The zero-order valence-electron chi connectivity index (χ0n) is 11.7. The zero-order valence-corrected chi connectivity index (χ0v) is 11.7. The second-order valence-electron chi connectivity index (χ2n) is 4.32. The maximum atomic E-state index is 11.7. The molecule has 0 aromatic carbocycles. The van der Waals surface area contributed by atoms with E-state index >= 15 is 0 Å². The molecule has 0 aliphatic carbocycles. The summed E-state index contributed by atoms with van der Waals surface area (Å²) in [6.45, 7) is 4.33. The molecule has 6 nitrogen and oxygen atoms in total. The molecule has 0 amide bonds. The van der Waals surface area contributed by atoms with Crippen LogP contribution in [0.25, 0.3) is 0 Å². The van der Waals surface area contributed by atoms with Crippen LogP contribution in [0.15, 0.2) is 23.1 Å². The average Bonchev–Trinajstić information content (AvgIpc) is 2.41. The summed E-state index contributed by atoms with van der Waals surface area (Å²) in [5.74, 6) is 0. The molecular formula is C13H23N3O3. The van der Waals surface area contributed by atoms with Crippen LogP contribution in [0.1, 0.15) is 0 Å². The topological polar surface area (TPSA) is 69.7 Å². The fourth-order valence-corrected chi connectivity index (χ4v) is 1.75. The summed E-state index contributed by atoms with van der Waals surface area (Å²) in [7, 11) is 3.35. The monoisotopic (exact) mass is 269 g/mol. The van der Waals surface area contributed by atoms with Crippen molar-refractivity contribution in [1.29, 1.82) is 0 Å². The van der Waals surface area contributed by atoms with Crippen LogP contribution in [0.5, 0.6) is 0 Å². The second kappa shape index (κ2) is 8.68. The van der Waals surface area contributed by atoms with Crippen LogP contribution in [0.4, 0.5) is 5.69 Å². The highest BCUT2D eigenvalue weighted by Gasteiger charge is 2.05. The third-order valence-electron chi connectivity index (χ3n) is 2.89. The minimum atomic E-state index is -0.0346. The molecule has 0 fully saturated rings. The van der Waals surface area contributed by atoms with E-state index in [-0.39, 0.29) is 5.56 Å². The number of hydrogen-bond donors (Lipinski definition) is 1. The predicted octanol–water partition coefficient (Wildman–Crippen LogP) is 0.0253. The molecule has 6 heteroatoms. The van der Waals surface area contributed by atoms with Crippen molar-refractivity contribution < 1.29 is 9.47 Å². The predicted molar refractivity (Wildman–Crippen MR) is 75.3 cm³/mol. The quantitative estimate of drug-likeness (QED) is 0.684. The lowest BCUT2D eigenvalue weighted by Gasteiger charge is -2.22. The second-order valence-corrected chi connectivity index (χ2v) is 4.32. The van der Waals surface area contributed by atoms with Crippen molar-refractivity contribution in [2.45, 2.75) is 6.54 Å². The Bertz CT molecular complexity index is 412. The van der Waals surface area contributed by atoms with Crippen molar-refractivity contribution >= 4 is 5.69 Å². The molecule has 0 bridgehead atoms. The standard InChI is InChI=1S/C13H23N3O3/c1-18-9-7-15(8-10-19-2)5-6-16-11-12(14)3-4-13(16)17/h3-4,11H,5-10,14H2,1-2H3. The van der Waals surface area contributed by atoms with Crippen molar-refractivity contribution in [1.82, 2.24) is 9.47 Å². The van der Waals surface area contributed by atoms with Gasteiger partial charge >= 0.3 is 0 Å². The molecule has 0 aliphatic heterocycles. The van der Waals surface area contributed by atoms with Crippen molar-refractivity contribution in [3.8, 4) is 0 Å². The van der Waals surface area contributed by atoms with Crippen molar-refractivity contribution in [3.63, 3.8) is 0 Å². The van der Waals surface area contributed by atoms with Crippen LogP contribution >= 0.6 is 0 Å². The van der Waals surface area contributed by atoms with Crippen LogP contribution in [0, 0.1) is 0 Å². The summed E-state index contributed by atoms with van der Waals surface area (Å²) < 4.78 is 11.8. The van der Waals surface area contributed by atoms with Crippen molar-refractivity contribution in [3.05, 3.63) is 28.7 Å². The van der Waals surface area contributed by atoms with Gasteiger partial charge in [0.2, 0.25) is 0 Å². The summed E-state index contributed by atoms with van der Waals surface area (Å²) in [6, 6.07) is 3.11. The van der Waals surface area contributed by atoms with Crippen LogP contribution in [0.2, 0.25) is 0 Å². The van der Waals surface area contributed by atoms with Gasteiger partial charge in [0.1, 0.15) is 0 Å². The molecule has 2 N–H and O–H groups in total. The van der Waals surface area contributed by atoms with Gasteiger partial charge in [-0.1, -0.05) is 0 Å². The maximum absolute atomic E-state index is 11.7. The molecule has 19 heavy (non-hydrogen) atoms. The number of aromatic nitrogens is 1. The molecule has 0 atom stereocenters. The molecular weight excluding hydrogens is 246 g/mol. The highest BCUT2D eigenvalue weighted by Crippen LogP contribution is 1.97. The minimum absolute atomic E-state index is 0.0346. The third-order valence-corrected chi connectivity index (χ3v) is 2.89. The minimum Gasteiger partial charge on any atom is -0.398 e. The van der Waals surface area contributed by atoms with E-state index in [9.17, 15) is 4.79 Å². The lowest BCUT2D eigenvalue weighted by molar-refractivity contribution is 0.112. The van der Waals surface area contributed by atoms with Crippen LogP contribution in [-0.2, 0) is 16.0 Å². The number of nitrogens with two attached hydrogens (primary N) is 1. The normalized spacial score (nSPS) is 11.1. The largest absolute Gasteiger partial charge is 0.398 e. The van der Waals surface area contributed by atoms with Gasteiger partial charge in [-0.3, -0.25) is 9.69 Å². The molecule has 0 aliphatic rings. The van der Waals surface area contributed by atoms with Gasteiger partial charge in [0.05, 0.1) is 13.2 Å². The van der Waals surface area contributed by atoms with E-state index in [4.69, 9.17) is 15.2 Å². The molecule has 1 heterocycles. The van der Waals surface area contributed by atoms with E-state index in [1.54, 1.807) is 31.0 Å². The Morgan fingerprint density at radius 3 is 2.37 bits per heavy atom. The van der Waals surface area contributed by atoms with Crippen LogP contribution < -0.4 is 11.3 Å². The molecule has 0 saturated heterocycles. The van der Waals surface area contributed by atoms with E-state index in [0.29, 0.717) is 25.4 Å². The number of anilines is 1. The number of rotatable bonds is 9. The number of methoxy groups -OCH3 is 2. The van der Waals surface area contributed by atoms with Crippen LogP contribution in [-0.4, -0.2) is 56.5 Å².